The minimum atomic E-state index is -0.522. The Hall–Kier alpha value is -3.09. The van der Waals surface area contributed by atoms with E-state index in [0.717, 1.165) is 12.0 Å². The van der Waals surface area contributed by atoms with Crippen LogP contribution in [-0.2, 0) is 16.1 Å². The summed E-state index contributed by atoms with van der Waals surface area (Å²) in [5, 5.41) is 2.89. The topological polar surface area (TPSA) is 82.9 Å². The van der Waals surface area contributed by atoms with Crippen LogP contribution in [0.5, 0.6) is 0 Å². The molecule has 2 heterocycles. The van der Waals surface area contributed by atoms with Crippen molar-refractivity contribution in [3.63, 3.8) is 0 Å². The maximum absolute atomic E-state index is 12.7. The second kappa shape index (κ2) is 8.07. The second-order valence-corrected chi connectivity index (χ2v) is 6.70. The van der Waals surface area contributed by atoms with Crippen molar-refractivity contribution >= 4 is 23.4 Å². The molecule has 1 atom stereocenters. The molecule has 0 bridgehead atoms. The lowest BCUT2D eigenvalue weighted by atomic mass is 10.1. The number of carbonyl (C=O) groups excluding carboxylic acids is 3. The third-order valence-corrected chi connectivity index (χ3v) is 4.70. The van der Waals surface area contributed by atoms with Crippen molar-refractivity contribution < 1.29 is 18.8 Å². The molecular weight excluding hydrogens is 346 g/mol. The normalized spacial score (nSPS) is 16.2. The van der Waals surface area contributed by atoms with E-state index in [0.29, 0.717) is 25.2 Å². The van der Waals surface area contributed by atoms with Crippen molar-refractivity contribution in [2.75, 3.05) is 18.9 Å². The summed E-state index contributed by atoms with van der Waals surface area (Å²) < 4.78 is 5.17. The molecule has 7 heteroatoms. The Kier molecular flexibility index (Phi) is 5.59. The van der Waals surface area contributed by atoms with Crippen LogP contribution in [0, 0.1) is 0 Å². The molecular formula is C20H23N3O4. The number of hydrogen-bond donors (Lipinski definition) is 1. The first-order valence-electron chi connectivity index (χ1n) is 8.91. The van der Waals surface area contributed by atoms with Gasteiger partial charge in [-0.05, 0) is 42.7 Å². The highest BCUT2D eigenvalue weighted by atomic mass is 16.3. The highest BCUT2D eigenvalue weighted by Crippen LogP contribution is 2.22. The minimum absolute atomic E-state index is 0.0255. The van der Waals surface area contributed by atoms with Crippen molar-refractivity contribution in [1.29, 1.82) is 0 Å². The number of furan rings is 1. The number of nitrogens with one attached hydrogen (secondary N) is 1. The molecule has 0 unspecified atom stereocenters. The van der Waals surface area contributed by atoms with Gasteiger partial charge in [-0.3, -0.25) is 14.4 Å². The van der Waals surface area contributed by atoms with E-state index in [1.54, 1.807) is 35.0 Å². The van der Waals surface area contributed by atoms with Gasteiger partial charge in [-0.25, -0.2) is 0 Å². The number of amides is 3. The maximum Gasteiger partial charge on any atom is 0.290 e. The summed E-state index contributed by atoms with van der Waals surface area (Å²) in [5.74, 6) is -0.273. The monoisotopic (exact) mass is 369 g/mol. The third-order valence-electron chi connectivity index (χ3n) is 4.70. The predicted molar refractivity (Wildman–Crippen MR) is 100.0 cm³/mol. The summed E-state index contributed by atoms with van der Waals surface area (Å²) in [6.07, 6.45) is 2.83. The van der Waals surface area contributed by atoms with Gasteiger partial charge in [-0.2, -0.15) is 0 Å². The van der Waals surface area contributed by atoms with Crippen molar-refractivity contribution in [2.24, 2.45) is 0 Å². The average molecular weight is 369 g/mol. The molecule has 0 radical (unpaired) electrons. The summed E-state index contributed by atoms with van der Waals surface area (Å²) in [6.45, 7) is 2.50. The van der Waals surface area contributed by atoms with Gasteiger partial charge in [0.05, 0.1) is 6.26 Å². The largest absolute Gasteiger partial charge is 0.459 e. The lowest BCUT2D eigenvalue weighted by Gasteiger charge is -2.23. The molecule has 1 saturated heterocycles. The van der Waals surface area contributed by atoms with Gasteiger partial charge in [0.15, 0.2) is 5.76 Å². The Labute approximate surface area is 157 Å². The molecule has 0 saturated carbocycles. The quantitative estimate of drug-likeness (QED) is 0.878. The van der Waals surface area contributed by atoms with E-state index in [-0.39, 0.29) is 23.5 Å². The zero-order valence-corrected chi connectivity index (χ0v) is 15.5. The van der Waals surface area contributed by atoms with Crippen LogP contribution < -0.4 is 5.32 Å². The Bertz CT molecular complexity index is 832. The highest BCUT2D eigenvalue weighted by molar-refractivity contribution is 6.00. The van der Waals surface area contributed by atoms with Gasteiger partial charge in [0.2, 0.25) is 11.8 Å². The number of rotatable bonds is 5. The SMILES string of the molecule is CC(=O)N(C)Cc1cccc(NC(=O)[C@@H]2CCCN2C(=O)c2ccco2)c1. The van der Waals surface area contributed by atoms with E-state index in [9.17, 15) is 14.4 Å². The zero-order valence-electron chi connectivity index (χ0n) is 15.5. The first-order chi connectivity index (χ1) is 13.0. The Morgan fingerprint density at radius 1 is 1.26 bits per heavy atom. The molecule has 0 aliphatic carbocycles. The Balaban J connectivity index is 1.67. The molecule has 3 rings (SSSR count). The molecule has 1 aromatic heterocycles. The van der Waals surface area contributed by atoms with Gasteiger partial charge in [0.1, 0.15) is 6.04 Å². The second-order valence-electron chi connectivity index (χ2n) is 6.70. The minimum Gasteiger partial charge on any atom is -0.459 e. The van der Waals surface area contributed by atoms with E-state index in [2.05, 4.69) is 5.32 Å². The first kappa shape index (κ1) is 18.7. The number of anilines is 1. The number of likely N-dealkylation sites (tertiary alicyclic amines) is 1. The molecule has 1 aliphatic heterocycles. The smallest absolute Gasteiger partial charge is 0.290 e. The zero-order chi connectivity index (χ0) is 19.4. The summed E-state index contributed by atoms with van der Waals surface area (Å²) in [7, 11) is 1.73. The highest BCUT2D eigenvalue weighted by Gasteiger charge is 2.35. The van der Waals surface area contributed by atoms with Crippen molar-refractivity contribution in [1.82, 2.24) is 9.80 Å². The molecule has 0 spiro atoms. The molecule has 1 N–H and O–H groups in total. The number of benzene rings is 1. The summed E-state index contributed by atoms with van der Waals surface area (Å²) >= 11 is 0. The van der Waals surface area contributed by atoms with Gasteiger partial charge in [0, 0.05) is 32.7 Å². The predicted octanol–water partition coefficient (Wildman–Crippen LogP) is 2.50. The molecule has 1 fully saturated rings. The maximum atomic E-state index is 12.7. The first-order valence-corrected chi connectivity index (χ1v) is 8.91. The standard InChI is InChI=1S/C20H23N3O4/c1-14(24)22(2)13-15-6-3-7-16(12-15)21-19(25)17-8-4-10-23(17)20(26)18-9-5-11-27-18/h3,5-7,9,11-12,17H,4,8,10,13H2,1-2H3,(H,21,25)/t17-/m0/s1. The fraction of sp³-hybridized carbons (Fsp3) is 0.350. The Morgan fingerprint density at radius 2 is 2.07 bits per heavy atom. The van der Waals surface area contributed by atoms with Crippen molar-refractivity contribution in [2.45, 2.75) is 32.4 Å². The summed E-state index contributed by atoms with van der Waals surface area (Å²) in [6, 6.07) is 10.1. The van der Waals surface area contributed by atoms with E-state index < -0.39 is 6.04 Å². The van der Waals surface area contributed by atoms with Crippen LogP contribution in [0.1, 0.15) is 35.9 Å². The van der Waals surface area contributed by atoms with E-state index in [4.69, 9.17) is 4.42 Å². The lowest BCUT2D eigenvalue weighted by Crippen LogP contribution is -2.43. The van der Waals surface area contributed by atoms with Crippen LogP contribution in [0.2, 0.25) is 0 Å². The fourth-order valence-electron chi connectivity index (χ4n) is 3.18. The van der Waals surface area contributed by atoms with Crippen LogP contribution in [0.3, 0.4) is 0 Å². The molecule has 1 aromatic carbocycles. The van der Waals surface area contributed by atoms with E-state index in [1.807, 2.05) is 18.2 Å². The number of nitrogens with zero attached hydrogens (tertiary/aromatic N) is 2. The van der Waals surface area contributed by atoms with Gasteiger partial charge >= 0.3 is 0 Å². The van der Waals surface area contributed by atoms with Gasteiger partial charge in [-0.15, -0.1) is 0 Å². The van der Waals surface area contributed by atoms with E-state index >= 15 is 0 Å². The van der Waals surface area contributed by atoms with Gasteiger partial charge in [0.25, 0.3) is 5.91 Å². The molecule has 2 aromatic rings. The Morgan fingerprint density at radius 3 is 2.78 bits per heavy atom. The van der Waals surface area contributed by atoms with Crippen LogP contribution in [-0.4, -0.2) is 47.2 Å². The third kappa shape index (κ3) is 4.36. The summed E-state index contributed by atoms with van der Waals surface area (Å²) in [5.41, 5.74) is 1.56. The average Bonchev–Trinajstić information content (AvgIpc) is 3.33. The molecule has 3 amide bonds. The van der Waals surface area contributed by atoms with Crippen LogP contribution >= 0.6 is 0 Å². The van der Waals surface area contributed by atoms with Crippen LogP contribution in [0.4, 0.5) is 5.69 Å². The molecule has 142 valence electrons. The van der Waals surface area contributed by atoms with Gasteiger partial charge in [-0.1, -0.05) is 12.1 Å². The van der Waals surface area contributed by atoms with Crippen molar-refractivity contribution in [3.05, 3.63) is 54.0 Å². The molecule has 7 nitrogen and oxygen atoms in total. The molecule has 1 aliphatic rings. The summed E-state index contributed by atoms with van der Waals surface area (Å²) in [4.78, 5) is 39.8. The van der Waals surface area contributed by atoms with Gasteiger partial charge < -0.3 is 19.5 Å². The number of hydrogen-bond acceptors (Lipinski definition) is 4. The number of carbonyl (C=O) groups is 3. The van der Waals surface area contributed by atoms with Crippen LogP contribution in [0.25, 0.3) is 0 Å². The fourth-order valence-corrected chi connectivity index (χ4v) is 3.18. The van der Waals surface area contributed by atoms with E-state index in [1.165, 1.54) is 13.2 Å². The van der Waals surface area contributed by atoms with Crippen molar-refractivity contribution in [3.8, 4) is 0 Å². The van der Waals surface area contributed by atoms with Crippen LogP contribution in [0.15, 0.2) is 47.1 Å². The lowest BCUT2D eigenvalue weighted by molar-refractivity contribution is -0.128. The molecule has 27 heavy (non-hydrogen) atoms.